The van der Waals surface area contributed by atoms with E-state index in [2.05, 4.69) is 23.3 Å². The zero-order chi connectivity index (χ0) is 25.4. The van der Waals surface area contributed by atoms with E-state index in [1.165, 1.54) is 29.2 Å². The number of carboxylic acids is 2. The van der Waals surface area contributed by atoms with Gasteiger partial charge in [0.05, 0.1) is 12.5 Å². The molecule has 0 bridgehead atoms. The molecule has 1 fully saturated rings. The quantitative estimate of drug-likeness (QED) is 0.182. The van der Waals surface area contributed by atoms with Gasteiger partial charge in [0.2, 0.25) is 17.7 Å². The van der Waals surface area contributed by atoms with Crippen molar-refractivity contribution in [2.24, 2.45) is 5.73 Å². The van der Waals surface area contributed by atoms with E-state index in [4.69, 9.17) is 10.8 Å². The number of carbonyl (C=O) groups excluding carboxylic acids is 3. The minimum atomic E-state index is -1.41. The number of phenolic OH excluding ortho intramolecular Hbond substituents is 1. The van der Waals surface area contributed by atoms with E-state index in [0.717, 1.165) is 0 Å². The second-order valence-corrected chi connectivity index (χ2v) is 8.27. The first-order valence-electron chi connectivity index (χ1n) is 10.5. The number of aromatic hydroxyl groups is 1. The predicted molar refractivity (Wildman–Crippen MR) is 122 cm³/mol. The highest BCUT2D eigenvalue weighted by molar-refractivity contribution is 7.80. The molecule has 4 atom stereocenters. The Morgan fingerprint density at radius 3 is 2.24 bits per heavy atom. The van der Waals surface area contributed by atoms with Gasteiger partial charge < -0.3 is 36.6 Å². The van der Waals surface area contributed by atoms with Gasteiger partial charge in [-0.2, -0.15) is 12.6 Å². The third kappa shape index (κ3) is 7.35. The highest BCUT2D eigenvalue weighted by Gasteiger charge is 2.38. The highest BCUT2D eigenvalue weighted by Crippen LogP contribution is 2.19. The SMILES string of the molecule is NC(CC(=O)O)C(=O)NC(Cc1ccc(O)cc1)C(=O)NC(CS)C(=O)N1CCCC1C(=O)O. The van der Waals surface area contributed by atoms with Crippen LogP contribution in [-0.2, 0) is 30.4 Å². The first kappa shape index (κ1) is 26.9. The van der Waals surface area contributed by atoms with E-state index in [1.54, 1.807) is 0 Å². The third-order valence-electron chi connectivity index (χ3n) is 5.36. The Morgan fingerprint density at radius 1 is 1.06 bits per heavy atom. The van der Waals surface area contributed by atoms with Gasteiger partial charge in [0, 0.05) is 18.7 Å². The zero-order valence-electron chi connectivity index (χ0n) is 18.2. The number of thiol groups is 1. The van der Waals surface area contributed by atoms with Crippen LogP contribution in [0.4, 0.5) is 0 Å². The molecule has 1 saturated heterocycles. The van der Waals surface area contributed by atoms with Crippen molar-refractivity contribution in [2.75, 3.05) is 12.3 Å². The van der Waals surface area contributed by atoms with E-state index >= 15 is 0 Å². The molecule has 1 heterocycles. The average molecular weight is 497 g/mol. The molecule has 3 amide bonds. The molecule has 1 aliphatic heterocycles. The Labute approximate surface area is 200 Å². The molecule has 0 radical (unpaired) electrons. The standard InChI is InChI=1S/C21H28N4O8S/c22-13(9-17(27)28)18(29)23-14(8-11-3-5-12(26)6-4-11)19(30)24-15(10-34)20(31)25-7-1-2-16(25)21(32)33/h3-6,13-16,26,34H,1-2,7-10,22H2,(H,23,29)(H,24,30)(H,27,28)(H,32,33). The van der Waals surface area contributed by atoms with E-state index in [1.807, 2.05) is 0 Å². The summed E-state index contributed by atoms with van der Waals surface area (Å²) in [5.41, 5.74) is 6.16. The Balaban J connectivity index is 2.18. The molecule has 186 valence electrons. The summed E-state index contributed by atoms with van der Waals surface area (Å²) in [6.45, 7) is 0.230. The summed E-state index contributed by atoms with van der Waals surface area (Å²) in [5, 5.41) is 32.6. The number of amides is 3. The fraction of sp³-hybridized carbons (Fsp3) is 0.476. The first-order chi connectivity index (χ1) is 16.0. The number of phenols is 1. The Morgan fingerprint density at radius 2 is 1.68 bits per heavy atom. The molecular weight excluding hydrogens is 468 g/mol. The van der Waals surface area contributed by atoms with Gasteiger partial charge in [-0.25, -0.2) is 4.79 Å². The summed E-state index contributed by atoms with van der Waals surface area (Å²) in [5.74, 6) is -4.79. The minimum Gasteiger partial charge on any atom is -0.508 e. The number of carboxylic acid groups (broad SMARTS) is 2. The normalized spacial score (nSPS) is 17.9. The van der Waals surface area contributed by atoms with Crippen LogP contribution < -0.4 is 16.4 Å². The van der Waals surface area contributed by atoms with Crippen LogP contribution in [0.15, 0.2) is 24.3 Å². The highest BCUT2D eigenvalue weighted by atomic mass is 32.1. The van der Waals surface area contributed by atoms with Crippen LogP contribution >= 0.6 is 12.6 Å². The average Bonchev–Trinajstić information content (AvgIpc) is 3.27. The monoisotopic (exact) mass is 496 g/mol. The molecule has 0 saturated carbocycles. The van der Waals surface area contributed by atoms with Crippen LogP contribution in [-0.4, -0.2) is 86.3 Å². The van der Waals surface area contributed by atoms with Crippen LogP contribution in [0.3, 0.4) is 0 Å². The number of carbonyl (C=O) groups is 5. The van der Waals surface area contributed by atoms with Crippen molar-refractivity contribution in [1.82, 2.24) is 15.5 Å². The van der Waals surface area contributed by atoms with Gasteiger partial charge >= 0.3 is 11.9 Å². The lowest BCUT2D eigenvalue weighted by Crippen LogP contribution is -2.58. The molecule has 1 aromatic rings. The van der Waals surface area contributed by atoms with E-state index in [9.17, 15) is 34.2 Å². The molecule has 2 rings (SSSR count). The summed E-state index contributed by atoms with van der Waals surface area (Å²) >= 11 is 4.11. The lowest BCUT2D eigenvalue weighted by molar-refractivity contribution is -0.149. The molecule has 1 aliphatic rings. The lowest BCUT2D eigenvalue weighted by atomic mass is 10.0. The topological polar surface area (TPSA) is 199 Å². The van der Waals surface area contributed by atoms with Gasteiger partial charge in [0.15, 0.2) is 0 Å². The zero-order valence-corrected chi connectivity index (χ0v) is 19.1. The molecular formula is C21H28N4O8S. The van der Waals surface area contributed by atoms with Crippen molar-refractivity contribution in [2.45, 2.75) is 49.9 Å². The fourth-order valence-corrected chi connectivity index (χ4v) is 3.83. The van der Waals surface area contributed by atoms with E-state index in [0.29, 0.717) is 18.4 Å². The summed E-state index contributed by atoms with van der Waals surface area (Å²) in [6.07, 6.45) is 0.113. The van der Waals surface area contributed by atoms with Crippen molar-refractivity contribution >= 4 is 42.3 Å². The van der Waals surface area contributed by atoms with Gasteiger partial charge in [-0.15, -0.1) is 0 Å². The molecule has 4 unspecified atom stereocenters. The molecule has 12 nitrogen and oxygen atoms in total. The van der Waals surface area contributed by atoms with Crippen molar-refractivity contribution in [1.29, 1.82) is 0 Å². The Bertz CT molecular complexity index is 926. The maximum absolute atomic E-state index is 13.0. The number of rotatable bonds is 11. The molecule has 34 heavy (non-hydrogen) atoms. The van der Waals surface area contributed by atoms with Crippen LogP contribution in [0.1, 0.15) is 24.8 Å². The fourth-order valence-electron chi connectivity index (χ4n) is 3.58. The number of aliphatic carboxylic acids is 2. The number of likely N-dealkylation sites (tertiary alicyclic amines) is 1. The lowest BCUT2D eigenvalue weighted by Gasteiger charge is -2.28. The number of nitrogens with zero attached hydrogens (tertiary/aromatic N) is 1. The Kier molecular flexibility index (Phi) is 9.69. The van der Waals surface area contributed by atoms with Crippen LogP contribution in [0.2, 0.25) is 0 Å². The molecule has 7 N–H and O–H groups in total. The maximum Gasteiger partial charge on any atom is 0.326 e. The van der Waals surface area contributed by atoms with Crippen molar-refractivity contribution in [3.8, 4) is 5.75 Å². The summed E-state index contributed by atoms with van der Waals surface area (Å²) in [6, 6.07) is 1.06. The molecule has 0 aromatic heterocycles. The molecule has 0 aliphatic carbocycles. The first-order valence-corrected chi connectivity index (χ1v) is 11.2. The van der Waals surface area contributed by atoms with E-state index in [-0.39, 0.29) is 24.5 Å². The van der Waals surface area contributed by atoms with Crippen LogP contribution in [0.5, 0.6) is 5.75 Å². The van der Waals surface area contributed by atoms with E-state index < -0.39 is 60.2 Å². The summed E-state index contributed by atoms with van der Waals surface area (Å²) < 4.78 is 0. The number of hydrogen-bond acceptors (Lipinski definition) is 8. The third-order valence-corrected chi connectivity index (χ3v) is 5.72. The second kappa shape index (κ2) is 12.2. The Hall–Kier alpha value is -3.32. The smallest absolute Gasteiger partial charge is 0.326 e. The van der Waals surface area contributed by atoms with Crippen LogP contribution in [0, 0.1) is 0 Å². The second-order valence-electron chi connectivity index (χ2n) is 7.91. The molecule has 0 spiro atoms. The van der Waals surface area contributed by atoms with Crippen LogP contribution in [0.25, 0.3) is 0 Å². The largest absolute Gasteiger partial charge is 0.508 e. The predicted octanol–water partition coefficient (Wildman–Crippen LogP) is -1.29. The minimum absolute atomic E-state index is 0.00315. The number of nitrogens with two attached hydrogens (primary N) is 1. The number of benzene rings is 1. The van der Waals surface area contributed by atoms with Gasteiger partial charge in [-0.3, -0.25) is 19.2 Å². The molecule has 1 aromatic carbocycles. The van der Waals surface area contributed by atoms with Crippen molar-refractivity contribution in [3.05, 3.63) is 29.8 Å². The summed E-state index contributed by atoms with van der Waals surface area (Å²) in [4.78, 5) is 61.8. The van der Waals surface area contributed by atoms with Gasteiger partial charge in [-0.1, -0.05) is 12.1 Å². The van der Waals surface area contributed by atoms with Crippen molar-refractivity contribution < 1.29 is 39.3 Å². The number of nitrogens with one attached hydrogen (secondary N) is 2. The maximum atomic E-state index is 13.0. The molecule has 13 heteroatoms. The van der Waals surface area contributed by atoms with Crippen molar-refractivity contribution in [3.63, 3.8) is 0 Å². The van der Waals surface area contributed by atoms with Gasteiger partial charge in [0.25, 0.3) is 0 Å². The summed E-state index contributed by atoms with van der Waals surface area (Å²) in [7, 11) is 0. The number of hydrogen-bond donors (Lipinski definition) is 7. The van der Waals surface area contributed by atoms with Gasteiger partial charge in [0.1, 0.15) is 23.9 Å². The van der Waals surface area contributed by atoms with Gasteiger partial charge in [-0.05, 0) is 30.5 Å².